The van der Waals surface area contributed by atoms with E-state index in [2.05, 4.69) is 0 Å². The van der Waals surface area contributed by atoms with E-state index in [-0.39, 0.29) is 30.3 Å². The van der Waals surface area contributed by atoms with E-state index in [0.717, 1.165) is 4.31 Å². The van der Waals surface area contributed by atoms with Crippen LogP contribution in [0.15, 0.2) is 70.0 Å². The highest BCUT2D eigenvalue weighted by atomic mass is 32.2. The predicted octanol–water partition coefficient (Wildman–Crippen LogP) is 2.73. The SMILES string of the molecule is O=S1(=O)c2ccccc2[C@H](O)[C@@H](Cc2ccc(-c3ccc(F)cc3)o2)N1CCO. The van der Waals surface area contributed by atoms with Gasteiger partial charge in [0, 0.05) is 24.1 Å². The Balaban J connectivity index is 1.68. The van der Waals surface area contributed by atoms with Crippen molar-refractivity contribution in [1.29, 1.82) is 0 Å². The first-order valence-electron chi connectivity index (χ1n) is 9.16. The van der Waals surface area contributed by atoms with Crippen LogP contribution in [0.3, 0.4) is 0 Å². The van der Waals surface area contributed by atoms with E-state index in [0.29, 0.717) is 22.6 Å². The second-order valence-electron chi connectivity index (χ2n) is 6.87. The quantitative estimate of drug-likeness (QED) is 0.666. The van der Waals surface area contributed by atoms with Crippen LogP contribution in [0.25, 0.3) is 11.3 Å². The number of benzene rings is 2. The first-order chi connectivity index (χ1) is 13.9. The highest BCUT2D eigenvalue weighted by molar-refractivity contribution is 7.89. The molecule has 0 fully saturated rings. The number of β-amino-alcohol motifs (C(OH)–C–C–N with tert-alkyl or cyclic N) is 1. The van der Waals surface area contributed by atoms with Crippen molar-refractivity contribution in [2.24, 2.45) is 0 Å². The zero-order valence-corrected chi connectivity index (χ0v) is 16.2. The predicted molar refractivity (Wildman–Crippen MR) is 104 cm³/mol. The van der Waals surface area contributed by atoms with Crippen LogP contribution in [0.4, 0.5) is 4.39 Å². The molecule has 2 heterocycles. The minimum Gasteiger partial charge on any atom is -0.461 e. The largest absolute Gasteiger partial charge is 0.461 e. The van der Waals surface area contributed by atoms with E-state index in [9.17, 15) is 23.0 Å². The fourth-order valence-corrected chi connectivity index (χ4v) is 5.55. The van der Waals surface area contributed by atoms with Gasteiger partial charge in [-0.3, -0.25) is 0 Å². The lowest BCUT2D eigenvalue weighted by atomic mass is 9.98. The summed E-state index contributed by atoms with van der Waals surface area (Å²) in [5.74, 6) is 0.641. The molecule has 8 heteroatoms. The summed E-state index contributed by atoms with van der Waals surface area (Å²) in [7, 11) is -3.87. The Morgan fingerprint density at radius 2 is 1.76 bits per heavy atom. The summed E-state index contributed by atoms with van der Waals surface area (Å²) in [6, 6.07) is 14.8. The number of furan rings is 1. The van der Waals surface area contributed by atoms with Crippen LogP contribution in [0.2, 0.25) is 0 Å². The standard InChI is InChI=1S/C21H20FNO5S/c22-15-7-5-14(6-8-15)19-10-9-16(28-19)13-18-21(25)17-3-1-2-4-20(17)29(26,27)23(18)11-12-24/h1-10,18,21,24-25H,11-13H2/t18-,21+/m1/s1. The van der Waals surface area contributed by atoms with Gasteiger partial charge < -0.3 is 14.6 Å². The molecule has 152 valence electrons. The second-order valence-corrected chi connectivity index (χ2v) is 8.73. The molecule has 2 atom stereocenters. The van der Waals surface area contributed by atoms with Gasteiger partial charge in [0.2, 0.25) is 10.0 Å². The summed E-state index contributed by atoms with van der Waals surface area (Å²) in [6.07, 6.45) is -0.948. The summed E-state index contributed by atoms with van der Waals surface area (Å²) in [6.45, 7) is -0.506. The van der Waals surface area contributed by atoms with Crippen molar-refractivity contribution >= 4 is 10.0 Å². The lowest BCUT2D eigenvalue weighted by molar-refractivity contribution is 0.0698. The average Bonchev–Trinajstić information content (AvgIpc) is 3.18. The summed E-state index contributed by atoms with van der Waals surface area (Å²) in [5.41, 5.74) is 1.02. The summed E-state index contributed by atoms with van der Waals surface area (Å²) < 4.78 is 46.2. The Bertz CT molecular complexity index is 1110. The molecule has 1 aliphatic heterocycles. The van der Waals surface area contributed by atoms with Crippen molar-refractivity contribution in [3.05, 3.63) is 77.8 Å². The minimum atomic E-state index is -3.87. The number of rotatable bonds is 5. The number of hydrogen-bond acceptors (Lipinski definition) is 5. The van der Waals surface area contributed by atoms with Crippen LogP contribution in [-0.4, -0.2) is 42.1 Å². The van der Waals surface area contributed by atoms with Crippen molar-refractivity contribution < 1.29 is 27.4 Å². The van der Waals surface area contributed by atoms with E-state index in [1.165, 1.54) is 18.2 Å². The maximum absolute atomic E-state index is 13.1. The first-order valence-corrected chi connectivity index (χ1v) is 10.6. The Morgan fingerprint density at radius 3 is 2.48 bits per heavy atom. The number of aliphatic hydroxyl groups excluding tert-OH is 2. The molecule has 6 nitrogen and oxygen atoms in total. The highest BCUT2D eigenvalue weighted by Crippen LogP contribution is 2.38. The van der Waals surface area contributed by atoms with Gasteiger partial charge in [0.1, 0.15) is 17.3 Å². The molecular formula is C21H20FNO5S. The van der Waals surface area contributed by atoms with Gasteiger partial charge in [-0.05, 0) is 42.5 Å². The van der Waals surface area contributed by atoms with E-state index in [1.54, 1.807) is 42.5 Å². The van der Waals surface area contributed by atoms with Crippen LogP contribution in [0.5, 0.6) is 0 Å². The molecule has 0 saturated heterocycles. The molecular weight excluding hydrogens is 397 g/mol. The van der Waals surface area contributed by atoms with Crippen LogP contribution < -0.4 is 0 Å². The highest BCUT2D eigenvalue weighted by Gasteiger charge is 2.43. The van der Waals surface area contributed by atoms with Gasteiger partial charge in [-0.2, -0.15) is 4.31 Å². The van der Waals surface area contributed by atoms with E-state index < -0.39 is 22.2 Å². The van der Waals surface area contributed by atoms with Crippen molar-refractivity contribution in [2.45, 2.75) is 23.5 Å². The fourth-order valence-electron chi connectivity index (χ4n) is 3.69. The maximum atomic E-state index is 13.1. The van der Waals surface area contributed by atoms with Gasteiger partial charge in [0.25, 0.3) is 0 Å². The van der Waals surface area contributed by atoms with Gasteiger partial charge >= 0.3 is 0 Å². The average molecular weight is 417 g/mol. The fraction of sp³-hybridized carbons (Fsp3) is 0.238. The molecule has 0 spiro atoms. The van der Waals surface area contributed by atoms with Crippen molar-refractivity contribution in [3.8, 4) is 11.3 Å². The molecule has 0 radical (unpaired) electrons. The topological polar surface area (TPSA) is 91.0 Å². The van der Waals surface area contributed by atoms with Crippen LogP contribution in [-0.2, 0) is 16.4 Å². The maximum Gasteiger partial charge on any atom is 0.243 e. The molecule has 0 unspecified atom stereocenters. The van der Waals surface area contributed by atoms with E-state index in [4.69, 9.17) is 4.42 Å². The molecule has 2 aromatic carbocycles. The van der Waals surface area contributed by atoms with Gasteiger partial charge in [-0.1, -0.05) is 18.2 Å². The lowest BCUT2D eigenvalue weighted by Gasteiger charge is -2.38. The van der Waals surface area contributed by atoms with Gasteiger partial charge in [-0.25, -0.2) is 12.8 Å². The Kier molecular flexibility index (Phi) is 5.26. The Labute approximate surface area is 167 Å². The zero-order valence-electron chi connectivity index (χ0n) is 15.4. The molecule has 0 amide bonds. The number of aliphatic hydroxyl groups is 2. The van der Waals surface area contributed by atoms with Crippen molar-refractivity contribution in [1.82, 2.24) is 4.31 Å². The van der Waals surface area contributed by atoms with Crippen molar-refractivity contribution in [3.63, 3.8) is 0 Å². The van der Waals surface area contributed by atoms with E-state index in [1.807, 2.05) is 0 Å². The molecule has 0 bridgehead atoms. The Morgan fingerprint density at radius 1 is 1.03 bits per heavy atom. The minimum absolute atomic E-state index is 0.0450. The third-order valence-corrected chi connectivity index (χ3v) is 7.08. The second kappa shape index (κ2) is 7.72. The number of nitrogens with zero attached hydrogens (tertiary/aromatic N) is 1. The molecule has 4 rings (SSSR count). The van der Waals surface area contributed by atoms with Gasteiger partial charge in [-0.15, -0.1) is 0 Å². The lowest BCUT2D eigenvalue weighted by Crippen LogP contribution is -2.50. The summed E-state index contributed by atoms with van der Waals surface area (Å²) in [5, 5.41) is 20.3. The van der Waals surface area contributed by atoms with Crippen LogP contribution in [0, 0.1) is 5.82 Å². The first kappa shape index (κ1) is 19.8. The number of halogens is 1. The number of fused-ring (bicyclic) bond motifs is 1. The molecule has 29 heavy (non-hydrogen) atoms. The monoisotopic (exact) mass is 417 g/mol. The summed E-state index contributed by atoms with van der Waals surface area (Å²) in [4.78, 5) is 0.0450. The van der Waals surface area contributed by atoms with Crippen LogP contribution >= 0.6 is 0 Å². The molecule has 0 saturated carbocycles. The number of hydrogen-bond donors (Lipinski definition) is 2. The molecule has 1 aromatic heterocycles. The zero-order chi connectivity index (χ0) is 20.6. The van der Waals surface area contributed by atoms with Gasteiger partial charge in [0.05, 0.1) is 23.6 Å². The molecule has 0 aliphatic carbocycles. The summed E-state index contributed by atoms with van der Waals surface area (Å²) >= 11 is 0. The molecule has 2 N–H and O–H groups in total. The Hall–Kier alpha value is -2.52. The molecule has 1 aliphatic rings. The third kappa shape index (κ3) is 3.60. The normalized spacial score (nSPS) is 21.1. The van der Waals surface area contributed by atoms with Crippen molar-refractivity contribution in [2.75, 3.05) is 13.2 Å². The van der Waals surface area contributed by atoms with Gasteiger partial charge in [0.15, 0.2) is 0 Å². The molecule has 3 aromatic rings. The smallest absolute Gasteiger partial charge is 0.243 e. The third-order valence-electron chi connectivity index (χ3n) is 5.08. The number of sulfonamides is 1. The van der Waals surface area contributed by atoms with Crippen LogP contribution in [0.1, 0.15) is 17.4 Å². The van der Waals surface area contributed by atoms with E-state index >= 15 is 0 Å².